The molecule has 1 aliphatic heterocycles. The van der Waals surface area contributed by atoms with E-state index >= 15 is 0 Å². The van der Waals surface area contributed by atoms with E-state index < -0.39 is 0 Å². The molecule has 0 atom stereocenters. The van der Waals surface area contributed by atoms with Crippen LogP contribution < -0.4 is 5.32 Å². The molecule has 0 aliphatic carbocycles. The van der Waals surface area contributed by atoms with Crippen molar-refractivity contribution in [1.29, 1.82) is 5.26 Å². The van der Waals surface area contributed by atoms with Crippen molar-refractivity contribution in [3.8, 4) is 6.07 Å². The van der Waals surface area contributed by atoms with Gasteiger partial charge in [0.25, 0.3) is 0 Å². The Hall–Kier alpha value is -1.56. The highest BCUT2D eigenvalue weighted by Gasteiger charge is 1.87. The van der Waals surface area contributed by atoms with Crippen LogP contribution in [-0.2, 0) is 0 Å². The maximum Gasteiger partial charge on any atom is 0.119 e. The first kappa shape index (κ1) is 5.57. The SMILES string of the molecule is N#CC1=CC=NC=CN1. The maximum absolute atomic E-state index is 8.34. The van der Waals surface area contributed by atoms with Crippen LogP contribution in [0.15, 0.2) is 29.2 Å². The normalized spacial score (nSPS) is 15.2. The molecule has 0 aromatic rings. The molecule has 0 unspecified atom stereocenters. The minimum Gasteiger partial charge on any atom is -0.352 e. The molecule has 1 rings (SSSR count). The van der Waals surface area contributed by atoms with Gasteiger partial charge >= 0.3 is 0 Å². The van der Waals surface area contributed by atoms with Crippen LogP contribution >= 0.6 is 0 Å². The van der Waals surface area contributed by atoms with E-state index in [0.29, 0.717) is 5.70 Å². The quantitative estimate of drug-likeness (QED) is 0.506. The largest absolute Gasteiger partial charge is 0.352 e. The second kappa shape index (κ2) is 2.68. The van der Waals surface area contributed by atoms with E-state index in [1.165, 1.54) is 0 Å². The lowest BCUT2D eigenvalue weighted by molar-refractivity contribution is 1.12. The topological polar surface area (TPSA) is 48.2 Å². The van der Waals surface area contributed by atoms with Gasteiger partial charge in [0.2, 0.25) is 0 Å². The summed E-state index contributed by atoms with van der Waals surface area (Å²) in [7, 11) is 0. The summed E-state index contributed by atoms with van der Waals surface area (Å²) in [5.41, 5.74) is 0.507. The molecule has 0 radical (unpaired) electrons. The Morgan fingerprint density at radius 2 is 2.56 bits per heavy atom. The van der Waals surface area contributed by atoms with E-state index in [1.807, 2.05) is 6.07 Å². The highest BCUT2D eigenvalue weighted by molar-refractivity contribution is 5.74. The van der Waals surface area contributed by atoms with E-state index in [1.54, 1.807) is 24.7 Å². The van der Waals surface area contributed by atoms with Crippen molar-refractivity contribution in [1.82, 2.24) is 5.32 Å². The zero-order chi connectivity index (χ0) is 6.53. The summed E-state index contributed by atoms with van der Waals surface area (Å²) in [5, 5.41) is 11.1. The monoisotopic (exact) mass is 119 g/mol. The lowest BCUT2D eigenvalue weighted by Gasteiger charge is -1.89. The molecular formula is C6H5N3. The van der Waals surface area contributed by atoms with Crippen LogP contribution in [-0.4, -0.2) is 6.21 Å². The first-order chi connectivity index (χ1) is 4.43. The van der Waals surface area contributed by atoms with E-state index in [0.717, 1.165) is 0 Å². The van der Waals surface area contributed by atoms with Gasteiger partial charge in [-0.2, -0.15) is 5.26 Å². The van der Waals surface area contributed by atoms with Crippen molar-refractivity contribution in [2.45, 2.75) is 0 Å². The van der Waals surface area contributed by atoms with Gasteiger partial charge in [0.15, 0.2) is 0 Å². The predicted molar refractivity (Wildman–Crippen MR) is 34.5 cm³/mol. The third-order valence-corrected chi connectivity index (χ3v) is 0.847. The molecule has 3 heteroatoms. The summed E-state index contributed by atoms with van der Waals surface area (Å²) >= 11 is 0. The molecule has 9 heavy (non-hydrogen) atoms. The standard InChI is InChI=1S/C6H5N3/c7-5-6-1-2-8-3-4-9-6/h1-4,9H. The fourth-order valence-corrected chi connectivity index (χ4v) is 0.455. The predicted octanol–water partition coefficient (Wildman–Crippen LogP) is 0.539. The van der Waals surface area contributed by atoms with Crippen LogP contribution in [0.25, 0.3) is 0 Å². The van der Waals surface area contributed by atoms with Crippen LogP contribution in [0.4, 0.5) is 0 Å². The van der Waals surface area contributed by atoms with Crippen molar-refractivity contribution >= 4 is 6.21 Å². The van der Waals surface area contributed by atoms with Gasteiger partial charge in [-0.15, -0.1) is 0 Å². The summed E-state index contributed by atoms with van der Waals surface area (Å²) in [6.07, 6.45) is 6.37. The molecule has 0 spiro atoms. The average molecular weight is 119 g/mol. The maximum atomic E-state index is 8.34. The number of nitrogens with zero attached hydrogens (tertiary/aromatic N) is 2. The minimum absolute atomic E-state index is 0.507. The first-order valence-corrected chi connectivity index (χ1v) is 2.48. The molecule has 0 bridgehead atoms. The van der Waals surface area contributed by atoms with Crippen molar-refractivity contribution in [2.75, 3.05) is 0 Å². The smallest absolute Gasteiger partial charge is 0.119 e. The summed E-state index contributed by atoms with van der Waals surface area (Å²) in [5.74, 6) is 0. The van der Waals surface area contributed by atoms with E-state index in [4.69, 9.17) is 5.26 Å². The molecule has 1 aliphatic rings. The zero-order valence-corrected chi connectivity index (χ0v) is 4.70. The highest BCUT2D eigenvalue weighted by Crippen LogP contribution is 1.87. The third kappa shape index (κ3) is 1.42. The van der Waals surface area contributed by atoms with Gasteiger partial charge in [-0.25, -0.2) is 0 Å². The van der Waals surface area contributed by atoms with Gasteiger partial charge in [0.05, 0.1) is 0 Å². The summed E-state index contributed by atoms with van der Waals surface area (Å²) < 4.78 is 0. The summed E-state index contributed by atoms with van der Waals surface area (Å²) in [6.45, 7) is 0. The van der Waals surface area contributed by atoms with Crippen molar-refractivity contribution < 1.29 is 0 Å². The molecule has 0 fully saturated rings. The molecule has 44 valence electrons. The highest BCUT2D eigenvalue weighted by atomic mass is 14.9. The lowest BCUT2D eigenvalue weighted by atomic mass is 10.4. The molecule has 0 aromatic carbocycles. The van der Waals surface area contributed by atoms with Crippen LogP contribution in [0.1, 0.15) is 0 Å². The average Bonchev–Trinajstić information content (AvgIpc) is 2.13. The molecule has 1 heterocycles. The Balaban J connectivity index is 2.77. The zero-order valence-electron chi connectivity index (χ0n) is 4.70. The molecule has 0 aromatic heterocycles. The van der Waals surface area contributed by atoms with Gasteiger partial charge in [0.1, 0.15) is 11.8 Å². The second-order valence-corrected chi connectivity index (χ2v) is 1.45. The number of nitriles is 1. The van der Waals surface area contributed by atoms with Gasteiger partial charge in [-0.1, -0.05) is 0 Å². The Morgan fingerprint density at radius 1 is 1.67 bits per heavy atom. The molecule has 3 nitrogen and oxygen atoms in total. The Morgan fingerprint density at radius 3 is 3.33 bits per heavy atom. The van der Waals surface area contributed by atoms with Gasteiger partial charge in [0, 0.05) is 18.6 Å². The van der Waals surface area contributed by atoms with Crippen molar-refractivity contribution in [3.05, 3.63) is 24.2 Å². The number of rotatable bonds is 0. The van der Waals surface area contributed by atoms with Crippen molar-refractivity contribution in [2.24, 2.45) is 4.99 Å². The van der Waals surface area contributed by atoms with Crippen LogP contribution in [0.3, 0.4) is 0 Å². The van der Waals surface area contributed by atoms with Gasteiger partial charge in [-0.05, 0) is 6.08 Å². The van der Waals surface area contributed by atoms with E-state index in [2.05, 4.69) is 10.3 Å². The first-order valence-electron chi connectivity index (χ1n) is 2.48. The number of aliphatic imine (C=N–C) groups is 1. The molecule has 0 amide bonds. The molecule has 1 N–H and O–H groups in total. The number of allylic oxidation sites excluding steroid dienone is 2. The number of nitrogens with one attached hydrogen (secondary N) is 1. The van der Waals surface area contributed by atoms with Crippen LogP contribution in [0.2, 0.25) is 0 Å². The van der Waals surface area contributed by atoms with E-state index in [-0.39, 0.29) is 0 Å². The summed E-state index contributed by atoms with van der Waals surface area (Å²) in [6, 6.07) is 1.95. The Kier molecular flexibility index (Phi) is 1.66. The third-order valence-electron chi connectivity index (χ3n) is 0.847. The molecule has 0 saturated carbocycles. The number of hydrogen-bond acceptors (Lipinski definition) is 3. The Bertz CT molecular complexity index is 217. The minimum atomic E-state index is 0.507. The lowest BCUT2D eigenvalue weighted by Crippen LogP contribution is -2.00. The summed E-state index contributed by atoms with van der Waals surface area (Å²) in [4.78, 5) is 3.77. The molecular weight excluding hydrogens is 114 g/mol. The fourth-order valence-electron chi connectivity index (χ4n) is 0.455. The van der Waals surface area contributed by atoms with Gasteiger partial charge < -0.3 is 5.32 Å². The Labute approximate surface area is 53.0 Å². The van der Waals surface area contributed by atoms with Gasteiger partial charge in [-0.3, -0.25) is 4.99 Å². The second-order valence-electron chi connectivity index (χ2n) is 1.45. The fraction of sp³-hybridized carbons (Fsp3) is 0. The number of hydrogen-bond donors (Lipinski definition) is 1. The van der Waals surface area contributed by atoms with E-state index in [9.17, 15) is 0 Å². The van der Waals surface area contributed by atoms with Crippen LogP contribution in [0.5, 0.6) is 0 Å². The molecule has 0 saturated heterocycles. The van der Waals surface area contributed by atoms with Crippen LogP contribution in [0, 0.1) is 11.3 Å². The van der Waals surface area contributed by atoms with Crippen molar-refractivity contribution in [3.63, 3.8) is 0 Å².